The van der Waals surface area contributed by atoms with Crippen molar-refractivity contribution in [3.8, 4) is 0 Å². The lowest BCUT2D eigenvalue weighted by Gasteiger charge is -2.34. The summed E-state index contributed by atoms with van der Waals surface area (Å²) in [6.07, 6.45) is 6.55. The Morgan fingerprint density at radius 1 is 1.03 bits per heavy atom. The van der Waals surface area contributed by atoms with Crippen LogP contribution < -0.4 is 0 Å². The second-order valence-corrected chi connectivity index (χ2v) is 9.99. The van der Waals surface area contributed by atoms with Gasteiger partial charge in [-0.05, 0) is 51.4 Å². The second kappa shape index (κ2) is 13.2. The molecular weight excluding hydrogens is 365 g/mol. The Balaban J connectivity index is 4.90. The number of aliphatic carboxylic acids is 1. The van der Waals surface area contributed by atoms with E-state index in [1.54, 1.807) is 27.7 Å². The molecule has 3 unspecified atom stereocenters. The minimum absolute atomic E-state index is 0.224. The lowest BCUT2D eigenvalue weighted by atomic mass is 9.79. The third kappa shape index (κ3) is 11.0. The van der Waals surface area contributed by atoms with Gasteiger partial charge >= 0.3 is 12.1 Å². The number of ether oxygens (including phenoxy) is 1. The largest absolute Gasteiger partial charge is 0.480 e. The summed E-state index contributed by atoms with van der Waals surface area (Å²) in [6.45, 7) is 16.3. The topological polar surface area (TPSA) is 66.8 Å². The Morgan fingerprint density at radius 3 is 1.93 bits per heavy atom. The Labute approximate surface area is 180 Å². The van der Waals surface area contributed by atoms with Gasteiger partial charge in [-0.25, -0.2) is 9.59 Å². The average Bonchev–Trinajstić information content (AvgIpc) is 2.60. The van der Waals surface area contributed by atoms with Crippen molar-refractivity contribution >= 4 is 19.9 Å². The zero-order valence-corrected chi connectivity index (χ0v) is 20.5. The van der Waals surface area contributed by atoms with Gasteiger partial charge in [0.2, 0.25) is 0 Å². The number of amides is 1. The van der Waals surface area contributed by atoms with Crippen LogP contribution in [0.25, 0.3) is 0 Å². The van der Waals surface area contributed by atoms with Crippen LogP contribution in [-0.4, -0.2) is 48.1 Å². The molecule has 0 saturated heterocycles. The molecule has 1 amide bonds. The summed E-state index contributed by atoms with van der Waals surface area (Å²) in [5.41, 5.74) is -0.646. The molecule has 0 bridgehead atoms. The molecule has 4 atom stereocenters. The van der Waals surface area contributed by atoms with Gasteiger partial charge in [-0.3, -0.25) is 4.90 Å². The van der Waals surface area contributed by atoms with E-state index in [1.807, 2.05) is 0 Å². The zero-order chi connectivity index (χ0) is 22.8. The van der Waals surface area contributed by atoms with E-state index in [0.717, 1.165) is 24.7 Å². The second-order valence-electron chi connectivity index (χ2n) is 9.99. The first-order chi connectivity index (χ1) is 13.3. The van der Waals surface area contributed by atoms with Crippen LogP contribution in [0, 0.1) is 23.7 Å². The van der Waals surface area contributed by atoms with Gasteiger partial charge in [0.15, 0.2) is 0 Å². The fourth-order valence-corrected chi connectivity index (χ4v) is 4.02. The number of carboxylic acid groups (broad SMARTS) is 1. The molecule has 0 heterocycles. The van der Waals surface area contributed by atoms with Gasteiger partial charge in [0.1, 0.15) is 19.5 Å². The van der Waals surface area contributed by atoms with E-state index in [-0.39, 0.29) is 5.92 Å². The van der Waals surface area contributed by atoms with E-state index >= 15 is 0 Å². The highest BCUT2D eigenvalue weighted by molar-refractivity contribution is 6.08. The molecule has 0 aromatic carbocycles. The summed E-state index contributed by atoms with van der Waals surface area (Å²) in [5.74, 6) is 1.23. The monoisotopic (exact) mass is 411 g/mol. The average molecular weight is 411 g/mol. The lowest BCUT2D eigenvalue weighted by molar-refractivity contribution is -0.142. The van der Waals surface area contributed by atoms with Crippen LogP contribution in [0.15, 0.2) is 0 Å². The third-order valence-electron chi connectivity index (χ3n) is 6.13. The van der Waals surface area contributed by atoms with Crippen LogP contribution in [0.5, 0.6) is 0 Å². The predicted octanol–water partition coefficient (Wildman–Crippen LogP) is 5.24. The van der Waals surface area contributed by atoms with Crippen molar-refractivity contribution in [1.29, 1.82) is 0 Å². The molecule has 0 aliphatic carbocycles. The first-order valence-electron chi connectivity index (χ1n) is 11.6. The van der Waals surface area contributed by atoms with Crippen molar-refractivity contribution < 1.29 is 19.4 Å². The SMILES string of the molecule is BCC(CCCCC(CC)C(C)CN(C(=O)OC(C)(C)C)[C@@H](C)C(=O)O)C(C)C. The highest BCUT2D eigenvalue weighted by Gasteiger charge is 2.32. The summed E-state index contributed by atoms with van der Waals surface area (Å²) < 4.78 is 5.47. The number of carbonyl (C=O) groups excluding carboxylic acids is 1. The molecule has 170 valence electrons. The molecular formula is C23H46BNO4. The molecule has 29 heavy (non-hydrogen) atoms. The summed E-state index contributed by atoms with van der Waals surface area (Å²) in [6, 6.07) is -0.902. The molecule has 1 N–H and O–H groups in total. The fourth-order valence-electron chi connectivity index (χ4n) is 4.02. The molecule has 0 saturated carbocycles. The van der Waals surface area contributed by atoms with E-state index < -0.39 is 23.7 Å². The van der Waals surface area contributed by atoms with Crippen LogP contribution in [0.4, 0.5) is 4.79 Å². The minimum Gasteiger partial charge on any atom is -0.480 e. The molecule has 0 rings (SSSR count). The number of carboxylic acids is 1. The van der Waals surface area contributed by atoms with Gasteiger partial charge in [0, 0.05) is 6.54 Å². The molecule has 6 heteroatoms. The molecule has 0 aromatic heterocycles. The highest BCUT2D eigenvalue weighted by Crippen LogP contribution is 2.27. The molecule has 0 radical (unpaired) electrons. The minimum atomic E-state index is -1.00. The van der Waals surface area contributed by atoms with E-state index in [2.05, 4.69) is 35.5 Å². The summed E-state index contributed by atoms with van der Waals surface area (Å²) >= 11 is 0. The smallest absolute Gasteiger partial charge is 0.411 e. The Kier molecular flexibility index (Phi) is 12.6. The zero-order valence-electron chi connectivity index (χ0n) is 20.5. The van der Waals surface area contributed by atoms with Crippen LogP contribution in [0.3, 0.4) is 0 Å². The van der Waals surface area contributed by atoms with Gasteiger partial charge in [-0.15, -0.1) is 0 Å². The van der Waals surface area contributed by atoms with Crippen LogP contribution >= 0.6 is 0 Å². The summed E-state index contributed by atoms with van der Waals surface area (Å²) in [7, 11) is 2.27. The summed E-state index contributed by atoms with van der Waals surface area (Å²) in [5, 5.41) is 9.45. The molecule has 0 aliphatic heterocycles. The molecule has 0 aromatic rings. The number of rotatable bonds is 13. The molecule has 0 aliphatic rings. The highest BCUT2D eigenvalue weighted by atomic mass is 16.6. The van der Waals surface area contributed by atoms with Gasteiger partial charge < -0.3 is 9.84 Å². The standard InChI is InChI=1S/C23H46BNO4/c1-9-19(12-10-11-13-20(14-24)16(2)3)17(4)15-25(18(5)21(26)27)22(28)29-23(6,7)8/h16-20H,9-15,24H2,1-8H3,(H,26,27)/t17?,18-,19?,20?/m0/s1. The maximum Gasteiger partial charge on any atom is 0.411 e. The molecule has 5 nitrogen and oxygen atoms in total. The van der Waals surface area contributed by atoms with Gasteiger partial charge in [-0.2, -0.15) is 0 Å². The number of hydrogen-bond donors (Lipinski definition) is 1. The maximum atomic E-state index is 12.6. The molecule has 0 spiro atoms. The fraction of sp³-hybridized carbons (Fsp3) is 0.913. The predicted molar refractivity (Wildman–Crippen MR) is 123 cm³/mol. The van der Waals surface area contributed by atoms with Gasteiger partial charge in [0.25, 0.3) is 0 Å². The van der Waals surface area contributed by atoms with E-state index in [4.69, 9.17) is 4.74 Å². The first-order valence-corrected chi connectivity index (χ1v) is 11.6. The quantitative estimate of drug-likeness (QED) is 0.332. The van der Waals surface area contributed by atoms with Gasteiger partial charge in [-0.1, -0.05) is 66.1 Å². The first kappa shape index (κ1) is 27.8. The van der Waals surface area contributed by atoms with E-state index in [1.165, 1.54) is 30.5 Å². The lowest BCUT2D eigenvalue weighted by Crippen LogP contribution is -2.48. The van der Waals surface area contributed by atoms with Crippen LogP contribution in [0.2, 0.25) is 6.32 Å². The maximum absolute atomic E-state index is 12.6. The van der Waals surface area contributed by atoms with Crippen molar-refractivity contribution in [2.45, 2.75) is 105 Å². The Bertz CT molecular complexity index is 490. The van der Waals surface area contributed by atoms with Crippen LogP contribution in [0.1, 0.15) is 87.5 Å². The normalized spacial score (nSPS) is 16.2. The van der Waals surface area contributed by atoms with E-state index in [0.29, 0.717) is 12.5 Å². The van der Waals surface area contributed by atoms with Gasteiger partial charge in [0.05, 0.1) is 0 Å². The summed E-state index contributed by atoms with van der Waals surface area (Å²) in [4.78, 5) is 25.5. The number of carbonyl (C=O) groups is 2. The van der Waals surface area contributed by atoms with Crippen molar-refractivity contribution in [3.05, 3.63) is 0 Å². The van der Waals surface area contributed by atoms with E-state index in [9.17, 15) is 14.7 Å². The van der Waals surface area contributed by atoms with Crippen molar-refractivity contribution in [1.82, 2.24) is 4.90 Å². The Morgan fingerprint density at radius 2 is 1.55 bits per heavy atom. The number of unbranched alkanes of at least 4 members (excludes halogenated alkanes) is 1. The van der Waals surface area contributed by atoms with Crippen molar-refractivity contribution in [3.63, 3.8) is 0 Å². The Hall–Kier alpha value is -1.20. The van der Waals surface area contributed by atoms with Crippen molar-refractivity contribution in [2.24, 2.45) is 23.7 Å². The number of nitrogens with zero attached hydrogens (tertiary/aromatic N) is 1. The third-order valence-corrected chi connectivity index (χ3v) is 6.13. The van der Waals surface area contributed by atoms with Crippen LogP contribution in [-0.2, 0) is 9.53 Å². The molecule has 0 fully saturated rings. The van der Waals surface area contributed by atoms with Crippen molar-refractivity contribution in [2.75, 3.05) is 6.54 Å². The number of hydrogen-bond acceptors (Lipinski definition) is 3.